The number of hydrogen-bond donors (Lipinski definition) is 2. The van der Waals surface area contributed by atoms with Crippen LogP contribution in [0.2, 0.25) is 20.1 Å². The summed E-state index contributed by atoms with van der Waals surface area (Å²) < 4.78 is 0. The molecule has 8 nitrogen and oxygen atoms in total. The fourth-order valence-electron chi connectivity index (χ4n) is 2.09. The van der Waals surface area contributed by atoms with E-state index in [-0.39, 0.29) is 31.2 Å². The number of halogens is 4. The third-order valence-electron chi connectivity index (χ3n) is 3.28. The van der Waals surface area contributed by atoms with E-state index in [0.717, 1.165) is 12.1 Å². The monoisotopic (exact) mass is 426 g/mol. The molecule has 2 aromatic rings. The molecule has 132 valence electrons. The molecule has 2 rings (SSSR count). The summed E-state index contributed by atoms with van der Waals surface area (Å²) in [6.07, 6.45) is -0.488. The average Bonchev–Trinajstić information content (AvgIpc) is 2.53. The third kappa shape index (κ3) is 3.52. The maximum Gasteiger partial charge on any atom is 0.312 e. The van der Waals surface area contributed by atoms with E-state index in [1.54, 1.807) is 0 Å². The van der Waals surface area contributed by atoms with Crippen LogP contribution in [-0.4, -0.2) is 20.1 Å². The van der Waals surface area contributed by atoms with Crippen molar-refractivity contribution in [3.05, 3.63) is 63.6 Å². The number of aromatic hydroxyl groups is 2. The van der Waals surface area contributed by atoms with Gasteiger partial charge in [-0.15, -0.1) is 0 Å². The second-order valence-electron chi connectivity index (χ2n) is 4.73. The molecule has 25 heavy (non-hydrogen) atoms. The van der Waals surface area contributed by atoms with E-state index in [0.29, 0.717) is 0 Å². The molecule has 0 unspecified atom stereocenters. The number of phenolic OH excluding ortho intramolecular Hbond substituents is 2. The minimum Gasteiger partial charge on any atom is -0.502 e. The van der Waals surface area contributed by atoms with E-state index in [9.17, 15) is 30.4 Å². The minimum absolute atomic E-state index is 0.228. The van der Waals surface area contributed by atoms with Crippen molar-refractivity contribution in [2.24, 2.45) is 0 Å². The van der Waals surface area contributed by atoms with Gasteiger partial charge >= 0.3 is 11.4 Å². The van der Waals surface area contributed by atoms with Crippen molar-refractivity contribution in [2.45, 2.75) is 6.42 Å². The number of hydrogen-bond acceptors (Lipinski definition) is 6. The molecule has 0 saturated carbocycles. The first-order valence-electron chi connectivity index (χ1n) is 6.24. The topological polar surface area (TPSA) is 127 Å². The molecular formula is C13H6Cl4N2O6. The van der Waals surface area contributed by atoms with Gasteiger partial charge in [-0.05, 0) is 0 Å². The summed E-state index contributed by atoms with van der Waals surface area (Å²) in [5.74, 6) is -1.62. The average molecular weight is 428 g/mol. The van der Waals surface area contributed by atoms with Crippen molar-refractivity contribution in [1.29, 1.82) is 0 Å². The van der Waals surface area contributed by atoms with E-state index in [1.165, 1.54) is 0 Å². The van der Waals surface area contributed by atoms with Gasteiger partial charge in [0.1, 0.15) is 0 Å². The highest BCUT2D eigenvalue weighted by molar-refractivity contribution is 6.43. The van der Waals surface area contributed by atoms with Gasteiger partial charge in [0.25, 0.3) is 0 Å². The predicted octanol–water partition coefficient (Wildman–Crippen LogP) is 5.12. The number of nitro groups is 2. The Balaban J connectivity index is 2.73. The Hall–Kier alpha value is -2.00. The molecule has 0 aliphatic heterocycles. The molecule has 12 heteroatoms. The van der Waals surface area contributed by atoms with Crippen molar-refractivity contribution in [3.8, 4) is 11.5 Å². The molecule has 0 atom stereocenters. The summed E-state index contributed by atoms with van der Waals surface area (Å²) in [6.45, 7) is 0. The van der Waals surface area contributed by atoms with Crippen LogP contribution in [0.25, 0.3) is 0 Å². The number of benzene rings is 2. The first kappa shape index (κ1) is 19.3. The summed E-state index contributed by atoms with van der Waals surface area (Å²) in [5.41, 5.74) is -1.93. The molecule has 0 heterocycles. The largest absolute Gasteiger partial charge is 0.502 e. The fraction of sp³-hybridized carbons (Fsp3) is 0.0769. The van der Waals surface area contributed by atoms with Crippen LogP contribution in [-0.2, 0) is 6.42 Å². The van der Waals surface area contributed by atoms with Gasteiger partial charge in [0.2, 0.25) is 0 Å². The van der Waals surface area contributed by atoms with Crippen LogP contribution >= 0.6 is 46.4 Å². The molecule has 0 fully saturated rings. The van der Waals surface area contributed by atoms with Crippen LogP contribution in [0.15, 0.2) is 12.1 Å². The lowest BCUT2D eigenvalue weighted by molar-refractivity contribution is -0.386. The lowest BCUT2D eigenvalue weighted by Crippen LogP contribution is -1.99. The van der Waals surface area contributed by atoms with Crippen LogP contribution in [0.4, 0.5) is 11.4 Å². The first-order valence-corrected chi connectivity index (χ1v) is 7.75. The molecule has 0 aliphatic carbocycles. The van der Waals surface area contributed by atoms with Crippen LogP contribution in [0.1, 0.15) is 11.1 Å². The zero-order chi connectivity index (χ0) is 19.0. The van der Waals surface area contributed by atoms with Crippen molar-refractivity contribution in [1.82, 2.24) is 0 Å². The summed E-state index contributed by atoms with van der Waals surface area (Å²) in [5, 5.41) is 41.2. The number of nitrogens with zero attached hydrogens (tertiary/aromatic N) is 2. The molecule has 0 radical (unpaired) electrons. The van der Waals surface area contributed by atoms with Crippen molar-refractivity contribution in [2.75, 3.05) is 0 Å². The summed E-state index contributed by atoms with van der Waals surface area (Å²) in [4.78, 5) is 20.2. The standard InChI is InChI=1S/C13H6Cl4N2O6/c14-6-2-8(18(22)23)12(20)4(10(6)16)1-5-11(17)7(15)3-9(13(5)21)19(24)25/h2-3,20-21H,1H2. The van der Waals surface area contributed by atoms with Gasteiger partial charge in [-0.1, -0.05) is 46.4 Å². The number of nitro benzene ring substituents is 2. The summed E-state index contributed by atoms with van der Waals surface area (Å²) >= 11 is 23.6. The van der Waals surface area contributed by atoms with E-state index in [1.807, 2.05) is 0 Å². The fourth-order valence-corrected chi connectivity index (χ4v) is 2.94. The zero-order valence-electron chi connectivity index (χ0n) is 11.8. The highest BCUT2D eigenvalue weighted by atomic mass is 35.5. The lowest BCUT2D eigenvalue weighted by Gasteiger charge is -2.12. The van der Waals surface area contributed by atoms with Gasteiger partial charge in [0, 0.05) is 29.7 Å². The SMILES string of the molecule is O=[N+]([O-])c1cc(Cl)c(Cl)c(Cc2c(O)c([N+](=O)[O-])cc(Cl)c2Cl)c1O. The second kappa shape index (κ2) is 7.09. The van der Waals surface area contributed by atoms with E-state index in [2.05, 4.69) is 0 Å². The van der Waals surface area contributed by atoms with Crippen LogP contribution in [0.3, 0.4) is 0 Å². The number of phenols is 2. The molecule has 0 aliphatic rings. The molecule has 0 aromatic heterocycles. The Bertz CT molecular complexity index is 845. The maximum absolute atomic E-state index is 11.0. The molecule has 2 N–H and O–H groups in total. The van der Waals surface area contributed by atoms with Gasteiger partial charge in [0.05, 0.1) is 29.9 Å². The lowest BCUT2D eigenvalue weighted by atomic mass is 10.0. The van der Waals surface area contributed by atoms with Gasteiger partial charge in [-0.3, -0.25) is 20.2 Å². The van der Waals surface area contributed by atoms with E-state index in [4.69, 9.17) is 46.4 Å². The minimum atomic E-state index is -0.886. The summed E-state index contributed by atoms with van der Waals surface area (Å²) in [7, 11) is 0. The Morgan fingerprint density at radius 1 is 0.800 bits per heavy atom. The van der Waals surface area contributed by atoms with Gasteiger partial charge in [0.15, 0.2) is 11.5 Å². The Morgan fingerprint density at radius 3 is 1.40 bits per heavy atom. The maximum atomic E-state index is 11.0. The Labute approximate surface area is 159 Å². The van der Waals surface area contributed by atoms with Crippen LogP contribution in [0.5, 0.6) is 11.5 Å². The second-order valence-corrected chi connectivity index (χ2v) is 6.30. The molecule has 0 bridgehead atoms. The van der Waals surface area contributed by atoms with E-state index < -0.39 is 39.1 Å². The zero-order valence-corrected chi connectivity index (χ0v) is 14.8. The molecule has 0 spiro atoms. The van der Waals surface area contributed by atoms with Gasteiger partial charge in [-0.25, -0.2) is 0 Å². The van der Waals surface area contributed by atoms with Crippen molar-refractivity contribution >= 4 is 57.8 Å². The highest BCUT2D eigenvalue weighted by Crippen LogP contribution is 2.45. The third-order valence-corrected chi connectivity index (χ3v) is 4.93. The Morgan fingerprint density at radius 2 is 1.12 bits per heavy atom. The van der Waals surface area contributed by atoms with Crippen LogP contribution in [0, 0.1) is 20.2 Å². The van der Waals surface area contributed by atoms with Gasteiger partial charge < -0.3 is 10.2 Å². The molecule has 0 saturated heterocycles. The normalized spacial score (nSPS) is 10.7. The van der Waals surface area contributed by atoms with Crippen molar-refractivity contribution < 1.29 is 20.1 Å². The molecule has 2 aromatic carbocycles. The van der Waals surface area contributed by atoms with Gasteiger partial charge in [-0.2, -0.15) is 0 Å². The predicted molar refractivity (Wildman–Crippen MR) is 92.4 cm³/mol. The Kier molecular flexibility index (Phi) is 5.48. The van der Waals surface area contributed by atoms with Crippen LogP contribution < -0.4 is 0 Å². The van der Waals surface area contributed by atoms with Crippen molar-refractivity contribution in [3.63, 3.8) is 0 Å². The summed E-state index contributed by atoms with van der Waals surface area (Å²) in [6, 6.07) is 1.70. The smallest absolute Gasteiger partial charge is 0.312 e. The molecule has 0 amide bonds. The quantitative estimate of drug-likeness (QED) is 0.514. The highest BCUT2D eigenvalue weighted by Gasteiger charge is 2.28. The molecular weight excluding hydrogens is 422 g/mol. The first-order chi connectivity index (χ1) is 11.6. The van der Waals surface area contributed by atoms with E-state index >= 15 is 0 Å². The number of rotatable bonds is 4.